The highest BCUT2D eigenvalue weighted by Crippen LogP contribution is 2.35. The van der Waals surface area contributed by atoms with Crippen molar-refractivity contribution in [2.24, 2.45) is 0 Å². The van der Waals surface area contributed by atoms with Crippen LogP contribution in [0.3, 0.4) is 0 Å². The number of aliphatic hydroxyl groups is 1. The number of amides is 1. The Balaban J connectivity index is 1.25. The number of halogens is 1. The van der Waals surface area contributed by atoms with E-state index in [-0.39, 0.29) is 22.3 Å². The van der Waals surface area contributed by atoms with E-state index in [1.807, 2.05) is 31.2 Å². The number of fused-ring (bicyclic) bond motifs is 1. The minimum atomic E-state index is -3.99. The maximum Gasteiger partial charge on any atom is 0.269 e. The van der Waals surface area contributed by atoms with Crippen molar-refractivity contribution >= 4 is 32.8 Å². The van der Waals surface area contributed by atoms with Crippen molar-refractivity contribution in [3.05, 3.63) is 115 Å². The number of aliphatic hydroxyl groups excluding tert-OH is 1. The van der Waals surface area contributed by atoms with Crippen LogP contribution in [0, 0.1) is 12.7 Å². The Morgan fingerprint density at radius 3 is 2.35 bits per heavy atom. The summed E-state index contributed by atoms with van der Waals surface area (Å²) in [6.45, 7) is 3.96. The third kappa shape index (κ3) is 6.05. The average molecular weight is 666 g/mol. The molecular formula is C35H32FN7O4S. The van der Waals surface area contributed by atoms with Crippen molar-refractivity contribution in [2.45, 2.75) is 18.4 Å². The Hall–Kier alpha value is -5.40. The number of aryl methyl sites for hydroxylation is 1. The zero-order valence-electron chi connectivity index (χ0n) is 26.1. The molecule has 13 heteroatoms. The quantitative estimate of drug-likeness (QED) is 0.255. The van der Waals surface area contributed by atoms with Crippen LogP contribution in [0.15, 0.2) is 103 Å². The van der Waals surface area contributed by atoms with E-state index in [0.717, 1.165) is 28.1 Å². The maximum atomic E-state index is 13.9. The van der Waals surface area contributed by atoms with E-state index in [2.05, 4.69) is 20.0 Å². The molecule has 1 amide bonds. The van der Waals surface area contributed by atoms with Gasteiger partial charge >= 0.3 is 0 Å². The zero-order chi connectivity index (χ0) is 33.4. The van der Waals surface area contributed by atoms with Gasteiger partial charge in [0.2, 0.25) is 5.91 Å². The second-order valence-electron chi connectivity index (χ2n) is 11.7. The molecule has 2 aromatic carbocycles. The zero-order valence-corrected chi connectivity index (χ0v) is 26.9. The summed E-state index contributed by atoms with van der Waals surface area (Å²) in [7, 11) is -3.99. The largest absolute Gasteiger partial charge is 0.387 e. The van der Waals surface area contributed by atoms with E-state index >= 15 is 0 Å². The number of carbonyl (C=O) groups is 1. The first-order valence-corrected chi connectivity index (χ1v) is 16.8. The van der Waals surface area contributed by atoms with Gasteiger partial charge in [0.25, 0.3) is 10.0 Å². The number of hydrogen-bond acceptors (Lipinski definition) is 8. The summed E-state index contributed by atoms with van der Waals surface area (Å²) in [5.41, 5.74) is 4.81. The highest BCUT2D eigenvalue weighted by Gasteiger charge is 2.25. The number of benzene rings is 2. The van der Waals surface area contributed by atoms with Crippen LogP contribution in [-0.2, 0) is 21.4 Å². The summed E-state index contributed by atoms with van der Waals surface area (Å²) in [5.74, 6) is 0.160. The first-order chi connectivity index (χ1) is 23.2. The van der Waals surface area contributed by atoms with Gasteiger partial charge < -0.3 is 14.9 Å². The molecule has 0 atom stereocenters. The number of nitrogens with zero attached hydrogens (tertiary/aromatic N) is 7. The summed E-state index contributed by atoms with van der Waals surface area (Å²) in [5, 5.41) is 14.3. The normalized spacial score (nSPS) is 13.7. The fourth-order valence-corrected chi connectivity index (χ4v) is 7.24. The standard InChI is InChI=1S/C35H32FN7O4S/c1-24-5-8-30(9-6-24)48(46,47)43-22-32(28-19-39-42(21-28)20-25-3-2-4-29(36)15-25)31-16-27(18-38-35(31)43)26-7-10-33(37-17-26)40-11-13-41(14-12-40)34(45)23-44/h2-10,15-19,21-22,44H,11-14,20,23H2,1H3. The van der Waals surface area contributed by atoms with Gasteiger partial charge in [-0.25, -0.2) is 26.7 Å². The number of rotatable bonds is 8. The molecule has 1 aliphatic heterocycles. The Bertz CT molecular complexity index is 2220. The number of anilines is 1. The number of aromatic nitrogens is 5. The van der Waals surface area contributed by atoms with Crippen molar-refractivity contribution in [3.8, 4) is 22.3 Å². The average Bonchev–Trinajstić information content (AvgIpc) is 3.73. The maximum absolute atomic E-state index is 13.9. The second-order valence-corrected chi connectivity index (χ2v) is 13.6. The SMILES string of the molecule is Cc1ccc(S(=O)(=O)n2cc(-c3cnn(Cc4cccc(F)c4)c3)c3cc(-c4ccc(N5CCN(C(=O)CO)CC5)nc4)cnc32)cc1. The van der Waals surface area contributed by atoms with Crippen LogP contribution in [0.2, 0.25) is 0 Å². The number of piperazine rings is 1. The highest BCUT2D eigenvalue weighted by molar-refractivity contribution is 7.90. The lowest BCUT2D eigenvalue weighted by Crippen LogP contribution is -2.49. The molecule has 0 unspecified atom stereocenters. The fourth-order valence-electron chi connectivity index (χ4n) is 5.91. The Morgan fingerprint density at radius 2 is 1.65 bits per heavy atom. The molecule has 4 aromatic heterocycles. The second kappa shape index (κ2) is 12.7. The van der Waals surface area contributed by atoms with Gasteiger partial charge in [-0.3, -0.25) is 9.48 Å². The van der Waals surface area contributed by atoms with E-state index in [0.29, 0.717) is 49.2 Å². The summed E-state index contributed by atoms with van der Waals surface area (Å²) < 4.78 is 44.5. The van der Waals surface area contributed by atoms with Crippen LogP contribution in [-0.4, -0.2) is 80.8 Å². The topological polar surface area (TPSA) is 126 Å². The lowest BCUT2D eigenvalue weighted by Gasteiger charge is -2.35. The molecule has 0 radical (unpaired) electrons. The Labute approximate surface area is 276 Å². The van der Waals surface area contributed by atoms with Crippen molar-refractivity contribution in [3.63, 3.8) is 0 Å². The van der Waals surface area contributed by atoms with Gasteiger partial charge in [0.15, 0.2) is 5.65 Å². The van der Waals surface area contributed by atoms with Crippen LogP contribution < -0.4 is 4.90 Å². The van der Waals surface area contributed by atoms with Crippen molar-refractivity contribution < 1.29 is 22.7 Å². The van der Waals surface area contributed by atoms with Crippen LogP contribution >= 0.6 is 0 Å². The summed E-state index contributed by atoms with van der Waals surface area (Å²) in [6.07, 6.45) is 8.42. The van der Waals surface area contributed by atoms with Crippen molar-refractivity contribution in [1.82, 2.24) is 28.6 Å². The van der Waals surface area contributed by atoms with Crippen molar-refractivity contribution in [2.75, 3.05) is 37.7 Å². The molecule has 1 N–H and O–H groups in total. The number of pyridine rings is 2. The van der Waals surface area contributed by atoms with Gasteiger partial charge in [-0.15, -0.1) is 0 Å². The van der Waals surface area contributed by atoms with Crippen LogP contribution in [0.25, 0.3) is 33.3 Å². The third-order valence-electron chi connectivity index (χ3n) is 8.54. The van der Waals surface area contributed by atoms with E-state index in [9.17, 15) is 17.6 Å². The molecule has 1 fully saturated rings. The van der Waals surface area contributed by atoms with Crippen LogP contribution in [0.5, 0.6) is 0 Å². The lowest BCUT2D eigenvalue weighted by atomic mass is 10.1. The number of carbonyl (C=O) groups excluding carboxylic acids is 1. The molecule has 11 nitrogen and oxygen atoms in total. The Morgan fingerprint density at radius 1 is 0.875 bits per heavy atom. The monoisotopic (exact) mass is 665 g/mol. The van der Waals surface area contributed by atoms with E-state index in [1.54, 1.807) is 70.9 Å². The molecule has 0 spiro atoms. The molecule has 6 aromatic rings. The van der Waals surface area contributed by atoms with Gasteiger partial charge in [0, 0.05) is 78.6 Å². The third-order valence-corrected chi connectivity index (χ3v) is 10.2. The van der Waals surface area contributed by atoms with Gasteiger partial charge in [-0.2, -0.15) is 5.10 Å². The molecule has 48 heavy (non-hydrogen) atoms. The summed E-state index contributed by atoms with van der Waals surface area (Å²) >= 11 is 0. The summed E-state index contributed by atoms with van der Waals surface area (Å²) in [4.78, 5) is 25.0. The predicted molar refractivity (Wildman–Crippen MR) is 179 cm³/mol. The molecule has 0 aliphatic carbocycles. The smallest absolute Gasteiger partial charge is 0.269 e. The van der Waals surface area contributed by atoms with Gasteiger partial charge in [-0.1, -0.05) is 29.8 Å². The minimum Gasteiger partial charge on any atom is -0.387 e. The Kier molecular flexibility index (Phi) is 8.23. The van der Waals surface area contributed by atoms with E-state index in [1.165, 1.54) is 16.1 Å². The van der Waals surface area contributed by atoms with Crippen molar-refractivity contribution in [1.29, 1.82) is 0 Å². The molecular weight excluding hydrogens is 633 g/mol. The first kappa shape index (κ1) is 31.2. The first-order valence-electron chi connectivity index (χ1n) is 15.4. The minimum absolute atomic E-state index is 0.144. The fraction of sp³-hybridized carbons (Fsp3) is 0.200. The molecule has 0 bridgehead atoms. The van der Waals surface area contributed by atoms with Gasteiger partial charge in [-0.05, 0) is 55.0 Å². The predicted octanol–water partition coefficient (Wildman–Crippen LogP) is 4.34. The van der Waals surface area contributed by atoms with Crippen LogP contribution in [0.1, 0.15) is 11.1 Å². The van der Waals surface area contributed by atoms with E-state index in [4.69, 9.17) is 5.11 Å². The molecule has 5 heterocycles. The molecule has 0 saturated carbocycles. The van der Waals surface area contributed by atoms with Crippen LogP contribution in [0.4, 0.5) is 10.2 Å². The highest BCUT2D eigenvalue weighted by atomic mass is 32.2. The number of hydrogen-bond donors (Lipinski definition) is 1. The molecule has 1 aliphatic rings. The summed E-state index contributed by atoms with van der Waals surface area (Å²) in [6, 6.07) is 18.7. The molecule has 244 valence electrons. The molecule has 7 rings (SSSR count). The van der Waals surface area contributed by atoms with E-state index < -0.39 is 16.6 Å². The molecule has 1 saturated heterocycles. The van der Waals surface area contributed by atoms with Gasteiger partial charge in [0.1, 0.15) is 18.2 Å². The lowest BCUT2D eigenvalue weighted by molar-refractivity contribution is -0.134. The van der Waals surface area contributed by atoms with Gasteiger partial charge in [0.05, 0.1) is 17.6 Å².